The molecular formula is C6H8F3NO2. The smallest absolute Gasteiger partial charge is 0.274 e. The fourth-order valence-corrected chi connectivity index (χ4v) is 0.361. The lowest BCUT2D eigenvalue weighted by Gasteiger charge is -2.10. The van der Waals surface area contributed by atoms with Gasteiger partial charge in [0, 0.05) is 19.2 Å². The first kappa shape index (κ1) is 11.0. The van der Waals surface area contributed by atoms with Crippen molar-refractivity contribution in [3.05, 3.63) is 12.2 Å². The number of rotatable bonds is 2. The Labute approximate surface area is 67.4 Å². The molecule has 0 aromatic carbocycles. The molecule has 12 heavy (non-hydrogen) atoms. The molecule has 0 bridgehead atoms. The Morgan fingerprint density at radius 3 is 2.33 bits per heavy atom. The van der Waals surface area contributed by atoms with E-state index in [2.05, 4.69) is 4.84 Å². The van der Waals surface area contributed by atoms with E-state index in [4.69, 9.17) is 0 Å². The highest BCUT2D eigenvalue weighted by Gasteiger charge is 2.22. The molecule has 0 saturated heterocycles. The van der Waals surface area contributed by atoms with Crippen molar-refractivity contribution in [2.75, 3.05) is 14.2 Å². The summed E-state index contributed by atoms with van der Waals surface area (Å²) in [5.74, 6) is -0.866. The monoisotopic (exact) mass is 183 g/mol. The first-order valence-electron chi connectivity index (χ1n) is 2.94. The van der Waals surface area contributed by atoms with Gasteiger partial charge in [0.05, 0.1) is 7.11 Å². The topological polar surface area (TPSA) is 29.5 Å². The van der Waals surface area contributed by atoms with Crippen molar-refractivity contribution in [3.63, 3.8) is 0 Å². The van der Waals surface area contributed by atoms with Gasteiger partial charge in [-0.1, -0.05) is 0 Å². The number of hydrogen-bond acceptors (Lipinski definition) is 2. The van der Waals surface area contributed by atoms with Crippen LogP contribution in [-0.2, 0) is 9.63 Å². The maximum Gasteiger partial charge on any atom is 0.409 e. The summed E-state index contributed by atoms with van der Waals surface area (Å²) >= 11 is 0. The highest BCUT2D eigenvalue weighted by molar-refractivity contribution is 5.86. The fourth-order valence-electron chi connectivity index (χ4n) is 0.361. The van der Waals surface area contributed by atoms with E-state index >= 15 is 0 Å². The number of likely N-dealkylation sites (N-methyl/N-ethyl adjacent to an activating group) is 1. The molecule has 0 spiro atoms. The third-order valence-electron chi connectivity index (χ3n) is 0.999. The van der Waals surface area contributed by atoms with Crippen LogP contribution in [0.3, 0.4) is 0 Å². The summed E-state index contributed by atoms with van der Waals surface area (Å²) in [7, 11) is 2.39. The molecule has 0 radical (unpaired) electrons. The number of hydrogen-bond donors (Lipinski definition) is 0. The third-order valence-corrected chi connectivity index (χ3v) is 0.999. The second-order valence-electron chi connectivity index (χ2n) is 1.89. The molecule has 3 nitrogen and oxygen atoms in total. The Balaban J connectivity index is 4.09. The molecule has 0 fully saturated rings. The van der Waals surface area contributed by atoms with E-state index in [1.54, 1.807) is 0 Å². The molecular weight excluding hydrogens is 175 g/mol. The molecule has 0 aromatic rings. The van der Waals surface area contributed by atoms with Gasteiger partial charge in [-0.25, -0.2) is 5.06 Å². The Morgan fingerprint density at radius 2 is 2.00 bits per heavy atom. The van der Waals surface area contributed by atoms with Gasteiger partial charge < -0.3 is 0 Å². The van der Waals surface area contributed by atoms with Gasteiger partial charge in [-0.15, -0.1) is 0 Å². The first-order chi connectivity index (χ1) is 5.37. The molecule has 0 saturated carbocycles. The normalized spacial score (nSPS) is 12.1. The van der Waals surface area contributed by atoms with Crippen molar-refractivity contribution in [1.82, 2.24) is 5.06 Å². The summed E-state index contributed by atoms with van der Waals surface area (Å²) < 4.78 is 34.5. The molecule has 0 N–H and O–H groups in total. The molecule has 0 aliphatic carbocycles. The van der Waals surface area contributed by atoms with Crippen molar-refractivity contribution in [2.24, 2.45) is 0 Å². The average Bonchev–Trinajstić information content (AvgIpc) is 1.97. The van der Waals surface area contributed by atoms with Gasteiger partial charge >= 0.3 is 6.18 Å². The number of halogens is 3. The third kappa shape index (κ3) is 4.73. The number of allylic oxidation sites excluding steroid dienone is 1. The lowest BCUT2D eigenvalue weighted by molar-refractivity contribution is -0.163. The quantitative estimate of drug-likeness (QED) is 0.474. The van der Waals surface area contributed by atoms with E-state index in [-0.39, 0.29) is 6.08 Å². The molecule has 0 aliphatic rings. The van der Waals surface area contributed by atoms with Gasteiger partial charge in [0.15, 0.2) is 0 Å². The molecule has 0 unspecified atom stereocenters. The van der Waals surface area contributed by atoms with E-state index in [9.17, 15) is 18.0 Å². The Bertz CT molecular complexity index is 188. The predicted molar refractivity (Wildman–Crippen MR) is 35.0 cm³/mol. The zero-order valence-electron chi connectivity index (χ0n) is 6.55. The molecule has 0 rings (SSSR count). The SMILES string of the molecule is CON(C)C(=O)C=CC(F)(F)F. The Kier molecular flexibility index (Phi) is 3.75. The summed E-state index contributed by atoms with van der Waals surface area (Å²) in [6.45, 7) is 0. The first-order valence-corrected chi connectivity index (χ1v) is 2.94. The summed E-state index contributed by atoms with van der Waals surface area (Å²) in [6, 6.07) is 0. The van der Waals surface area contributed by atoms with Crippen LogP contribution in [0.15, 0.2) is 12.2 Å². The second kappa shape index (κ2) is 4.10. The molecule has 0 aliphatic heterocycles. The maximum atomic E-state index is 11.5. The standard InChI is InChI=1S/C6H8F3NO2/c1-10(12-2)5(11)3-4-6(7,8)9/h3-4H,1-2H3. The Hall–Kier alpha value is -1.04. The van der Waals surface area contributed by atoms with E-state index in [1.165, 1.54) is 14.2 Å². The summed E-state index contributed by atoms with van der Waals surface area (Å²) in [6.07, 6.45) is -4.22. The lowest BCUT2D eigenvalue weighted by atomic mass is 10.4. The van der Waals surface area contributed by atoms with Crippen LogP contribution in [0.5, 0.6) is 0 Å². The molecule has 6 heteroatoms. The summed E-state index contributed by atoms with van der Waals surface area (Å²) in [4.78, 5) is 15.0. The molecule has 0 atom stereocenters. The van der Waals surface area contributed by atoms with Crippen LogP contribution in [0, 0.1) is 0 Å². The van der Waals surface area contributed by atoms with Crippen LogP contribution >= 0.6 is 0 Å². The van der Waals surface area contributed by atoms with Gasteiger partial charge in [-0.05, 0) is 0 Å². The lowest BCUT2D eigenvalue weighted by Crippen LogP contribution is -2.23. The van der Waals surface area contributed by atoms with Crippen molar-refractivity contribution >= 4 is 5.91 Å². The van der Waals surface area contributed by atoms with Crippen LogP contribution in [-0.4, -0.2) is 31.3 Å². The van der Waals surface area contributed by atoms with Crippen molar-refractivity contribution in [2.45, 2.75) is 6.18 Å². The van der Waals surface area contributed by atoms with Crippen molar-refractivity contribution in [3.8, 4) is 0 Å². The van der Waals surface area contributed by atoms with Crippen LogP contribution in [0.4, 0.5) is 13.2 Å². The summed E-state index contributed by atoms with van der Waals surface area (Å²) in [5.41, 5.74) is 0. The molecule has 70 valence electrons. The zero-order valence-corrected chi connectivity index (χ0v) is 6.55. The van der Waals surface area contributed by atoms with Gasteiger partial charge in [0.1, 0.15) is 0 Å². The second-order valence-corrected chi connectivity index (χ2v) is 1.89. The number of alkyl halides is 3. The van der Waals surface area contributed by atoms with Crippen LogP contribution in [0.25, 0.3) is 0 Å². The fraction of sp³-hybridized carbons (Fsp3) is 0.500. The highest BCUT2D eigenvalue weighted by Crippen LogP contribution is 2.15. The van der Waals surface area contributed by atoms with Crippen LogP contribution in [0.2, 0.25) is 0 Å². The predicted octanol–water partition coefficient (Wildman–Crippen LogP) is 1.12. The summed E-state index contributed by atoms with van der Waals surface area (Å²) in [5, 5.41) is 0.683. The van der Waals surface area contributed by atoms with Crippen molar-refractivity contribution < 1.29 is 22.8 Å². The number of carbonyl (C=O) groups excluding carboxylic acids is 1. The minimum absolute atomic E-state index is 0.148. The van der Waals surface area contributed by atoms with E-state index < -0.39 is 12.1 Å². The number of carbonyl (C=O) groups is 1. The van der Waals surface area contributed by atoms with E-state index in [0.29, 0.717) is 11.1 Å². The van der Waals surface area contributed by atoms with Gasteiger partial charge in [0.25, 0.3) is 5.91 Å². The van der Waals surface area contributed by atoms with Gasteiger partial charge in [0.2, 0.25) is 0 Å². The van der Waals surface area contributed by atoms with E-state index in [1.807, 2.05) is 0 Å². The molecule has 0 aromatic heterocycles. The number of amides is 1. The van der Waals surface area contributed by atoms with Gasteiger partial charge in [-0.2, -0.15) is 13.2 Å². The van der Waals surface area contributed by atoms with Crippen molar-refractivity contribution in [1.29, 1.82) is 0 Å². The molecule has 0 heterocycles. The van der Waals surface area contributed by atoms with Gasteiger partial charge in [-0.3, -0.25) is 9.63 Å². The number of nitrogens with zero attached hydrogens (tertiary/aromatic N) is 1. The largest absolute Gasteiger partial charge is 0.409 e. The minimum Gasteiger partial charge on any atom is -0.274 e. The minimum atomic E-state index is -4.47. The number of hydroxylamine groups is 2. The zero-order chi connectivity index (χ0) is 9.78. The van der Waals surface area contributed by atoms with Crippen LogP contribution < -0.4 is 0 Å². The van der Waals surface area contributed by atoms with Crippen LogP contribution in [0.1, 0.15) is 0 Å². The highest BCUT2D eigenvalue weighted by atomic mass is 19.4. The maximum absolute atomic E-state index is 11.5. The van der Waals surface area contributed by atoms with E-state index in [0.717, 1.165) is 0 Å². The Morgan fingerprint density at radius 1 is 1.50 bits per heavy atom. The average molecular weight is 183 g/mol. The molecule has 1 amide bonds.